The highest BCUT2D eigenvalue weighted by molar-refractivity contribution is 5.02. The fraction of sp³-hybridized carbons (Fsp3) is 1.00. The van der Waals surface area contributed by atoms with Crippen LogP contribution in [0.2, 0.25) is 0 Å². The van der Waals surface area contributed by atoms with Crippen LogP contribution in [0.3, 0.4) is 0 Å². The second kappa shape index (κ2) is 3.74. The lowest BCUT2D eigenvalue weighted by Crippen LogP contribution is -2.43. The van der Waals surface area contributed by atoms with E-state index < -0.39 is 5.60 Å². The van der Waals surface area contributed by atoms with Gasteiger partial charge >= 0.3 is 0 Å². The van der Waals surface area contributed by atoms with E-state index in [4.69, 9.17) is 4.74 Å². The van der Waals surface area contributed by atoms with Crippen LogP contribution < -0.4 is 0 Å². The molecule has 0 aromatic heterocycles. The van der Waals surface area contributed by atoms with Crippen molar-refractivity contribution in [2.45, 2.75) is 52.1 Å². The summed E-state index contributed by atoms with van der Waals surface area (Å²) in [5, 5.41) is 10.9. The molecule has 0 bridgehead atoms. The van der Waals surface area contributed by atoms with Crippen LogP contribution in [0.4, 0.5) is 0 Å². The molecule has 1 aliphatic heterocycles. The van der Waals surface area contributed by atoms with E-state index in [0.717, 1.165) is 38.9 Å². The average Bonchev–Trinajstić information content (AvgIpc) is 2.38. The molecule has 88 valence electrons. The monoisotopic (exact) mass is 212 g/mol. The number of hydrogen-bond donors (Lipinski definition) is 1. The van der Waals surface area contributed by atoms with Crippen LogP contribution in [-0.4, -0.2) is 23.9 Å². The molecule has 1 saturated heterocycles. The van der Waals surface area contributed by atoms with Gasteiger partial charge in [-0.2, -0.15) is 0 Å². The van der Waals surface area contributed by atoms with E-state index in [-0.39, 0.29) is 0 Å². The van der Waals surface area contributed by atoms with Crippen molar-refractivity contribution in [1.29, 1.82) is 0 Å². The molecule has 2 aliphatic rings. The Bertz CT molecular complexity index is 231. The molecule has 0 amide bonds. The van der Waals surface area contributed by atoms with Gasteiger partial charge in [0.25, 0.3) is 0 Å². The fourth-order valence-electron chi connectivity index (χ4n) is 3.76. The van der Waals surface area contributed by atoms with Gasteiger partial charge in [-0.3, -0.25) is 0 Å². The van der Waals surface area contributed by atoms with Crippen molar-refractivity contribution < 1.29 is 9.84 Å². The Morgan fingerprint density at radius 3 is 2.27 bits per heavy atom. The maximum atomic E-state index is 10.9. The lowest BCUT2D eigenvalue weighted by molar-refractivity contribution is -0.0881. The van der Waals surface area contributed by atoms with Gasteiger partial charge in [-0.25, -0.2) is 0 Å². The minimum Gasteiger partial charge on any atom is -0.389 e. The second-order valence-electron chi connectivity index (χ2n) is 6.32. The summed E-state index contributed by atoms with van der Waals surface area (Å²) in [4.78, 5) is 0. The Morgan fingerprint density at radius 1 is 1.20 bits per heavy atom. The molecule has 1 heterocycles. The van der Waals surface area contributed by atoms with Crippen molar-refractivity contribution in [1.82, 2.24) is 0 Å². The van der Waals surface area contributed by atoms with Crippen molar-refractivity contribution >= 4 is 0 Å². The number of rotatable bonds is 1. The minimum atomic E-state index is -0.423. The topological polar surface area (TPSA) is 29.5 Å². The van der Waals surface area contributed by atoms with Gasteiger partial charge < -0.3 is 9.84 Å². The molecular formula is C13H24O2. The summed E-state index contributed by atoms with van der Waals surface area (Å²) >= 11 is 0. The van der Waals surface area contributed by atoms with Crippen molar-refractivity contribution in [2.24, 2.45) is 17.3 Å². The highest BCUT2D eigenvalue weighted by atomic mass is 16.5. The average molecular weight is 212 g/mol. The van der Waals surface area contributed by atoms with E-state index in [1.54, 1.807) is 0 Å². The van der Waals surface area contributed by atoms with Crippen LogP contribution in [-0.2, 0) is 4.74 Å². The molecule has 1 aliphatic carbocycles. The van der Waals surface area contributed by atoms with Gasteiger partial charge in [0.2, 0.25) is 0 Å². The van der Waals surface area contributed by atoms with Gasteiger partial charge in [0, 0.05) is 13.2 Å². The number of ether oxygens (including phenoxy) is 1. The first-order chi connectivity index (χ1) is 6.94. The third-order valence-electron chi connectivity index (χ3n) is 4.40. The quantitative estimate of drug-likeness (QED) is 0.724. The van der Waals surface area contributed by atoms with Crippen molar-refractivity contribution in [3.8, 4) is 0 Å². The van der Waals surface area contributed by atoms with Gasteiger partial charge in [-0.1, -0.05) is 20.8 Å². The molecule has 2 rings (SSSR count). The first kappa shape index (κ1) is 11.4. The summed E-state index contributed by atoms with van der Waals surface area (Å²) < 4.78 is 5.38. The van der Waals surface area contributed by atoms with E-state index in [1.165, 1.54) is 0 Å². The van der Waals surface area contributed by atoms with Crippen molar-refractivity contribution in [2.75, 3.05) is 13.2 Å². The Labute approximate surface area is 93.0 Å². The summed E-state index contributed by atoms with van der Waals surface area (Å²) in [6, 6.07) is 0. The Balaban J connectivity index is 2.11. The Kier molecular flexibility index (Phi) is 2.85. The minimum absolute atomic E-state index is 0.312. The van der Waals surface area contributed by atoms with E-state index in [0.29, 0.717) is 17.3 Å². The van der Waals surface area contributed by atoms with Gasteiger partial charge in [0.15, 0.2) is 0 Å². The van der Waals surface area contributed by atoms with Crippen molar-refractivity contribution in [3.63, 3.8) is 0 Å². The number of hydrogen-bond acceptors (Lipinski definition) is 2. The molecule has 0 spiro atoms. The van der Waals surface area contributed by atoms with Crippen LogP contribution in [0, 0.1) is 17.3 Å². The SMILES string of the molecule is CC1CC(C)(C)CC1(O)C1CCOCC1. The highest BCUT2D eigenvalue weighted by Gasteiger charge is 2.51. The molecule has 1 saturated carbocycles. The maximum Gasteiger partial charge on any atom is 0.0708 e. The largest absolute Gasteiger partial charge is 0.389 e. The van der Waals surface area contributed by atoms with Gasteiger partial charge in [0.05, 0.1) is 5.60 Å². The van der Waals surface area contributed by atoms with E-state index >= 15 is 0 Å². The molecule has 15 heavy (non-hydrogen) atoms. The predicted molar refractivity (Wildman–Crippen MR) is 60.7 cm³/mol. The van der Waals surface area contributed by atoms with Crippen LogP contribution in [0.5, 0.6) is 0 Å². The Hall–Kier alpha value is -0.0800. The molecule has 1 N–H and O–H groups in total. The van der Waals surface area contributed by atoms with Gasteiger partial charge in [-0.15, -0.1) is 0 Å². The maximum absolute atomic E-state index is 10.9. The molecule has 2 nitrogen and oxygen atoms in total. The molecular weight excluding hydrogens is 188 g/mol. The summed E-state index contributed by atoms with van der Waals surface area (Å²) in [5.41, 5.74) is -0.111. The molecule has 2 atom stereocenters. The summed E-state index contributed by atoms with van der Waals surface area (Å²) in [6.45, 7) is 8.44. The van der Waals surface area contributed by atoms with Crippen LogP contribution in [0.1, 0.15) is 46.5 Å². The first-order valence-corrected chi connectivity index (χ1v) is 6.24. The van der Waals surface area contributed by atoms with Crippen molar-refractivity contribution in [3.05, 3.63) is 0 Å². The van der Waals surface area contributed by atoms with E-state index in [9.17, 15) is 5.11 Å². The molecule has 2 heteroatoms. The highest BCUT2D eigenvalue weighted by Crippen LogP contribution is 2.52. The lowest BCUT2D eigenvalue weighted by Gasteiger charge is -2.39. The smallest absolute Gasteiger partial charge is 0.0708 e. The summed E-state index contributed by atoms with van der Waals surface area (Å²) in [6.07, 6.45) is 4.19. The predicted octanol–water partition coefficient (Wildman–Crippen LogP) is 2.60. The zero-order valence-corrected chi connectivity index (χ0v) is 10.3. The zero-order valence-electron chi connectivity index (χ0n) is 10.3. The first-order valence-electron chi connectivity index (χ1n) is 6.24. The fourth-order valence-corrected chi connectivity index (χ4v) is 3.76. The van der Waals surface area contributed by atoms with E-state index in [2.05, 4.69) is 20.8 Å². The number of aliphatic hydroxyl groups is 1. The molecule has 0 aromatic rings. The van der Waals surface area contributed by atoms with Gasteiger partial charge in [-0.05, 0) is 42.9 Å². The second-order valence-corrected chi connectivity index (χ2v) is 6.32. The summed E-state index contributed by atoms with van der Waals surface area (Å²) in [5.74, 6) is 0.902. The van der Waals surface area contributed by atoms with Gasteiger partial charge in [0.1, 0.15) is 0 Å². The summed E-state index contributed by atoms with van der Waals surface area (Å²) in [7, 11) is 0. The molecule has 0 radical (unpaired) electrons. The molecule has 2 unspecified atom stereocenters. The Morgan fingerprint density at radius 2 is 1.80 bits per heavy atom. The van der Waals surface area contributed by atoms with E-state index in [1.807, 2.05) is 0 Å². The van der Waals surface area contributed by atoms with Crippen LogP contribution in [0.15, 0.2) is 0 Å². The van der Waals surface area contributed by atoms with Crippen LogP contribution in [0.25, 0.3) is 0 Å². The molecule has 0 aromatic carbocycles. The van der Waals surface area contributed by atoms with Crippen LogP contribution >= 0.6 is 0 Å². The standard InChI is InChI=1S/C13H24O2/c1-10-8-12(2,3)9-13(10,14)11-4-6-15-7-5-11/h10-11,14H,4-9H2,1-3H3. The third-order valence-corrected chi connectivity index (χ3v) is 4.40. The lowest BCUT2D eigenvalue weighted by atomic mass is 9.75. The normalized spacial score (nSPS) is 42.0. The third kappa shape index (κ3) is 2.07. The molecule has 2 fully saturated rings. The zero-order chi connectivity index (χ0) is 11.1.